The zero-order chi connectivity index (χ0) is 9.68. The summed E-state index contributed by atoms with van der Waals surface area (Å²) in [7, 11) is 0. The Labute approximate surface area is 82.5 Å². The fourth-order valence-electron chi connectivity index (χ4n) is 0.884. The molecule has 4 heteroatoms. The molecule has 0 bridgehead atoms. The van der Waals surface area contributed by atoms with Crippen LogP contribution in [0.15, 0.2) is 23.2 Å². The van der Waals surface area contributed by atoms with E-state index in [2.05, 4.69) is 9.98 Å². The summed E-state index contributed by atoms with van der Waals surface area (Å²) < 4.78 is 0. The van der Waals surface area contributed by atoms with Gasteiger partial charge in [0.1, 0.15) is 0 Å². The van der Waals surface area contributed by atoms with Gasteiger partial charge in [-0.2, -0.15) is 0 Å². The van der Waals surface area contributed by atoms with Crippen LogP contribution < -0.4 is 5.73 Å². The first-order chi connectivity index (χ1) is 6.22. The van der Waals surface area contributed by atoms with E-state index in [0.717, 1.165) is 11.4 Å². The van der Waals surface area contributed by atoms with Crippen LogP contribution in [0, 0.1) is 6.92 Å². The van der Waals surface area contributed by atoms with Gasteiger partial charge in [0.2, 0.25) is 0 Å². The summed E-state index contributed by atoms with van der Waals surface area (Å²) >= 11 is 1.52. The molecule has 0 amide bonds. The lowest BCUT2D eigenvalue weighted by molar-refractivity contribution is 1.18. The Morgan fingerprint density at radius 2 is 2.38 bits per heavy atom. The van der Waals surface area contributed by atoms with Crippen molar-refractivity contribution < 1.29 is 0 Å². The number of pyridine rings is 1. The van der Waals surface area contributed by atoms with E-state index >= 15 is 0 Å². The third-order valence-electron chi connectivity index (χ3n) is 1.39. The summed E-state index contributed by atoms with van der Waals surface area (Å²) in [5.41, 5.74) is 6.59. The second kappa shape index (κ2) is 4.87. The zero-order valence-electron chi connectivity index (χ0n) is 7.82. The quantitative estimate of drug-likeness (QED) is 0.580. The minimum absolute atomic E-state index is 0.570. The van der Waals surface area contributed by atoms with Crippen molar-refractivity contribution in [1.29, 1.82) is 0 Å². The molecular formula is C9H13N3S. The van der Waals surface area contributed by atoms with Gasteiger partial charge in [0.15, 0.2) is 11.0 Å². The highest BCUT2D eigenvalue weighted by molar-refractivity contribution is 8.13. The molecule has 3 nitrogen and oxygen atoms in total. The molecule has 1 rings (SSSR count). The molecule has 0 unspecified atom stereocenters. The second-order valence-corrected chi connectivity index (χ2v) is 3.80. The Kier molecular flexibility index (Phi) is 3.76. The predicted molar refractivity (Wildman–Crippen MR) is 58.4 cm³/mol. The molecule has 13 heavy (non-hydrogen) atoms. The number of thioether (sulfide) groups is 1. The second-order valence-electron chi connectivity index (χ2n) is 2.52. The molecule has 0 fully saturated rings. The minimum atomic E-state index is 0.570. The van der Waals surface area contributed by atoms with Crippen molar-refractivity contribution >= 4 is 22.7 Å². The third kappa shape index (κ3) is 3.46. The first kappa shape index (κ1) is 10.1. The number of amidine groups is 1. The van der Waals surface area contributed by atoms with Crippen LogP contribution in [0.1, 0.15) is 12.6 Å². The highest BCUT2D eigenvalue weighted by Crippen LogP contribution is 2.10. The van der Waals surface area contributed by atoms with Gasteiger partial charge in [-0.1, -0.05) is 24.8 Å². The molecule has 0 saturated carbocycles. The summed E-state index contributed by atoms with van der Waals surface area (Å²) in [5, 5.41) is 0.570. The van der Waals surface area contributed by atoms with Crippen molar-refractivity contribution in [2.45, 2.75) is 13.8 Å². The van der Waals surface area contributed by atoms with Gasteiger partial charge in [0, 0.05) is 5.69 Å². The maximum Gasteiger partial charge on any atom is 0.160 e. The molecule has 0 aliphatic heterocycles. The minimum Gasteiger partial charge on any atom is -0.378 e. The van der Waals surface area contributed by atoms with Gasteiger partial charge in [-0.15, -0.1) is 0 Å². The topological polar surface area (TPSA) is 51.3 Å². The Morgan fingerprint density at radius 3 is 3.00 bits per heavy atom. The van der Waals surface area contributed by atoms with Crippen LogP contribution in [0.4, 0.5) is 5.82 Å². The molecular weight excluding hydrogens is 182 g/mol. The lowest BCUT2D eigenvalue weighted by Crippen LogP contribution is -2.06. The molecule has 0 aliphatic rings. The van der Waals surface area contributed by atoms with E-state index in [0.29, 0.717) is 11.0 Å². The summed E-state index contributed by atoms with van der Waals surface area (Å²) in [5.74, 6) is 1.61. The number of nitrogens with two attached hydrogens (primary N) is 1. The van der Waals surface area contributed by atoms with Crippen molar-refractivity contribution in [2.75, 3.05) is 5.75 Å². The standard InChI is InChI=1S/C9H13N3S/c1-3-13-9(10)12-8-6-4-5-7(2)11-8/h4-6H,3H2,1-2H3,(H2,10,11,12). The van der Waals surface area contributed by atoms with Crippen molar-refractivity contribution in [1.82, 2.24) is 4.98 Å². The smallest absolute Gasteiger partial charge is 0.160 e. The Morgan fingerprint density at radius 1 is 1.62 bits per heavy atom. The summed E-state index contributed by atoms with van der Waals surface area (Å²) in [6, 6.07) is 5.70. The zero-order valence-corrected chi connectivity index (χ0v) is 8.64. The predicted octanol–water partition coefficient (Wildman–Crippen LogP) is 2.09. The number of aliphatic imine (C=N–C) groups is 1. The van der Waals surface area contributed by atoms with Gasteiger partial charge < -0.3 is 5.73 Å². The number of hydrogen-bond acceptors (Lipinski definition) is 3. The van der Waals surface area contributed by atoms with Crippen molar-refractivity contribution in [3.05, 3.63) is 23.9 Å². The van der Waals surface area contributed by atoms with E-state index in [1.165, 1.54) is 11.8 Å². The number of nitrogens with zero attached hydrogens (tertiary/aromatic N) is 2. The van der Waals surface area contributed by atoms with E-state index in [1.807, 2.05) is 32.0 Å². The van der Waals surface area contributed by atoms with Gasteiger partial charge >= 0.3 is 0 Å². The molecule has 70 valence electrons. The molecule has 2 N–H and O–H groups in total. The molecule has 0 saturated heterocycles. The highest BCUT2D eigenvalue weighted by Gasteiger charge is 1.94. The highest BCUT2D eigenvalue weighted by atomic mass is 32.2. The van der Waals surface area contributed by atoms with E-state index in [-0.39, 0.29) is 0 Å². The van der Waals surface area contributed by atoms with Gasteiger partial charge in [-0.05, 0) is 24.8 Å². The molecule has 1 heterocycles. The van der Waals surface area contributed by atoms with Crippen LogP contribution in [0.5, 0.6) is 0 Å². The number of hydrogen-bond donors (Lipinski definition) is 1. The first-order valence-corrected chi connectivity index (χ1v) is 5.11. The SMILES string of the molecule is CCSC(N)=Nc1cccc(C)n1. The molecule has 1 aromatic heterocycles. The van der Waals surface area contributed by atoms with E-state index in [4.69, 9.17) is 5.73 Å². The fraction of sp³-hybridized carbons (Fsp3) is 0.333. The normalized spacial score (nSPS) is 11.7. The summed E-state index contributed by atoms with van der Waals surface area (Å²) in [6.07, 6.45) is 0. The average Bonchev–Trinajstić information content (AvgIpc) is 2.04. The molecule has 0 spiro atoms. The molecule has 0 radical (unpaired) electrons. The molecule has 1 aromatic rings. The van der Waals surface area contributed by atoms with Crippen molar-refractivity contribution in [3.63, 3.8) is 0 Å². The maximum absolute atomic E-state index is 5.64. The van der Waals surface area contributed by atoms with Crippen molar-refractivity contribution in [3.8, 4) is 0 Å². The van der Waals surface area contributed by atoms with Crippen LogP contribution in [0.25, 0.3) is 0 Å². The number of aromatic nitrogens is 1. The van der Waals surface area contributed by atoms with Crippen LogP contribution in [-0.4, -0.2) is 15.9 Å². The maximum atomic E-state index is 5.64. The van der Waals surface area contributed by atoms with Gasteiger partial charge in [0.25, 0.3) is 0 Å². The molecule has 0 aromatic carbocycles. The molecule has 0 atom stereocenters. The Balaban J connectivity index is 2.78. The Hall–Kier alpha value is -1.03. The Bertz CT molecular complexity index is 309. The first-order valence-electron chi connectivity index (χ1n) is 4.13. The van der Waals surface area contributed by atoms with E-state index in [9.17, 15) is 0 Å². The lowest BCUT2D eigenvalue weighted by atomic mass is 10.4. The third-order valence-corrected chi connectivity index (χ3v) is 2.07. The van der Waals surface area contributed by atoms with Crippen LogP contribution >= 0.6 is 11.8 Å². The van der Waals surface area contributed by atoms with Crippen LogP contribution in [-0.2, 0) is 0 Å². The van der Waals surface area contributed by atoms with Gasteiger partial charge in [-0.25, -0.2) is 9.98 Å². The largest absolute Gasteiger partial charge is 0.378 e. The average molecular weight is 195 g/mol. The van der Waals surface area contributed by atoms with Crippen molar-refractivity contribution in [2.24, 2.45) is 10.7 Å². The van der Waals surface area contributed by atoms with Crippen LogP contribution in [0.2, 0.25) is 0 Å². The molecule has 0 aliphatic carbocycles. The summed E-state index contributed by atoms with van der Waals surface area (Å²) in [4.78, 5) is 8.37. The number of rotatable bonds is 2. The van der Waals surface area contributed by atoms with E-state index in [1.54, 1.807) is 0 Å². The number of aryl methyl sites for hydroxylation is 1. The fourth-order valence-corrected chi connectivity index (χ4v) is 1.34. The lowest BCUT2D eigenvalue weighted by Gasteiger charge is -1.97. The monoisotopic (exact) mass is 195 g/mol. The van der Waals surface area contributed by atoms with Crippen LogP contribution in [0.3, 0.4) is 0 Å². The van der Waals surface area contributed by atoms with Gasteiger partial charge in [-0.3, -0.25) is 0 Å². The van der Waals surface area contributed by atoms with Gasteiger partial charge in [0.05, 0.1) is 0 Å². The van der Waals surface area contributed by atoms with E-state index < -0.39 is 0 Å². The summed E-state index contributed by atoms with van der Waals surface area (Å²) in [6.45, 7) is 3.97.